The largest absolute Gasteiger partial charge is 0.307 e. The number of thiazole rings is 1. The molecule has 3 aromatic heterocycles. The molecule has 0 spiro atoms. The Bertz CT molecular complexity index is 713. The predicted octanol–water partition coefficient (Wildman–Crippen LogP) is 2.25. The van der Waals surface area contributed by atoms with Gasteiger partial charge < -0.3 is 5.32 Å². The van der Waals surface area contributed by atoms with Crippen LogP contribution in [0.1, 0.15) is 16.3 Å². The molecule has 0 saturated carbocycles. The normalized spacial score (nSPS) is 11.1. The number of nitrogens with one attached hydrogen (secondary N) is 1. The van der Waals surface area contributed by atoms with E-state index in [2.05, 4.69) is 32.3 Å². The van der Waals surface area contributed by atoms with Gasteiger partial charge in [0.1, 0.15) is 12.1 Å². The number of fused-ring (bicyclic) bond motifs is 1. The molecule has 0 radical (unpaired) electrons. The molecule has 7 heteroatoms. The van der Waals surface area contributed by atoms with Crippen molar-refractivity contribution in [1.29, 1.82) is 0 Å². The van der Waals surface area contributed by atoms with Gasteiger partial charge in [0.05, 0.1) is 5.69 Å². The molecule has 0 fully saturated rings. The lowest BCUT2D eigenvalue weighted by molar-refractivity contribution is 0.927. The van der Waals surface area contributed by atoms with Gasteiger partial charge in [-0.05, 0) is 20.8 Å². The van der Waals surface area contributed by atoms with Crippen LogP contribution in [-0.2, 0) is 0 Å². The molecule has 6 nitrogen and oxygen atoms in total. The second kappa shape index (κ2) is 4.02. The average Bonchev–Trinajstić information content (AvgIpc) is 2.80. The first-order valence-corrected chi connectivity index (χ1v) is 6.33. The lowest BCUT2D eigenvalue weighted by Gasteiger charge is -2.00. The number of aromatic nitrogens is 5. The number of hydrogen-bond donors (Lipinski definition) is 1. The fourth-order valence-corrected chi connectivity index (χ4v) is 2.54. The van der Waals surface area contributed by atoms with Crippen LogP contribution >= 0.6 is 11.3 Å². The fourth-order valence-electron chi connectivity index (χ4n) is 1.63. The van der Waals surface area contributed by atoms with Crippen LogP contribution in [0.15, 0.2) is 12.4 Å². The van der Waals surface area contributed by atoms with Gasteiger partial charge in [-0.1, -0.05) is 11.3 Å². The van der Waals surface area contributed by atoms with Crippen LogP contribution in [0.25, 0.3) is 4.96 Å². The van der Waals surface area contributed by atoms with Crippen LogP contribution in [0.2, 0.25) is 0 Å². The van der Waals surface area contributed by atoms with Gasteiger partial charge in [-0.2, -0.15) is 4.98 Å². The zero-order valence-corrected chi connectivity index (χ0v) is 11.1. The highest BCUT2D eigenvalue weighted by Gasteiger charge is 2.10. The second-order valence-corrected chi connectivity index (χ2v) is 5.22. The van der Waals surface area contributed by atoms with Gasteiger partial charge in [-0.15, -0.1) is 5.10 Å². The summed E-state index contributed by atoms with van der Waals surface area (Å²) in [5.74, 6) is 1.26. The lowest BCUT2D eigenvalue weighted by Crippen LogP contribution is -1.97. The third-order valence-corrected chi connectivity index (χ3v) is 3.74. The Morgan fingerprint density at radius 2 is 2.06 bits per heavy atom. The molecule has 0 amide bonds. The first kappa shape index (κ1) is 11.1. The van der Waals surface area contributed by atoms with Crippen molar-refractivity contribution in [3.05, 3.63) is 28.7 Å². The Hall–Kier alpha value is -2.02. The minimum atomic E-state index is 0.558. The summed E-state index contributed by atoms with van der Waals surface area (Å²) in [5, 5.41) is 7.48. The highest BCUT2D eigenvalue weighted by atomic mass is 32.1. The van der Waals surface area contributed by atoms with E-state index >= 15 is 0 Å². The van der Waals surface area contributed by atoms with E-state index in [1.165, 1.54) is 11.2 Å². The summed E-state index contributed by atoms with van der Waals surface area (Å²) >= 11 is 1.63. The first-order valence-electron chi connectivity index (χ1n) is 5.52. The predicted molar refractivity (Wildman–Crippen MR) is 70.4 cm³/mol. The van der Waals surface area contributed by atoms with Gasteiger partial charge in [0.25, 0.3) is 0 Å². The SMILES string of the molecule is Cc1cc(Nc2nc3sc(C)c(C)n3n2)ncn1. The van der Waals surface area contributed by atoms with Crippen molar-refractivity contribution in [3.63, 3.8) is 0 Å². The van der Waals surface area contributed by atoms with E-state index in [1.54, 1.807) is 11.3 Å². The smallest absolute Gasteiger partial charge is 0.249 e. The van der Waals surface area contributed by atoms with Crippen LogP contribution in [0.4, 0.5) is 11.8 Å². The Morgan fingerprint density at radius 1 is 1.22 bits per heavy atom. The minimum absolute atomic E-state index is 0.558. The van der Waals surface area contributed by atoms with E-state index in [9.17, 15) is 0 Å². The molecule has 0 aliphatic heterocycles. The number of nitrogens with zero attached hydrogens (tertiary/aromatic N) is 5. The zero-order chi connectivity index (χ0) is 12.7. The summed E-state index contributed by atoms with van der Waals surface area (Å²) in [6.45, 7) is 6.02. The Balaban J connectivity index is 1.96. The highest BCUT2D eigenvalue weighted by Crippen LogP contribution is 2.22. The van der Waals surface area contributed by atoms with Crippen LogP contribution in [0.3, 0.4) is 0 Å². The summed E-state index contributed by atoms with van der Waals surface area (Å²) in [5.41, 5.74) is 2.02. The summed E-state index contributed by atoms with van der Waals surface area (Å²) in [4.78, 5) is 14.7. The molecule has 0 aromatic carbocycles. The van der Waals surface area contributed by atoms with E-state index in [1.807, 2.05) is 24.4 Å². The standard InChI is InChI=1S/C11H12N6S/c1-6-4-9(13-5-12-6)14-10-15-11-17(16-10)7(2)8(3)18-11/h4-5H,1-3H3,(H,12,13,14,16). The average molecular weight is 260 g/mol. The van der Waals surface area contributed by atoms with Gasteiger partial charge in [-0.3, -0.25) is 0 Å². The molecule has 18 heavy (non-hydrogen) atoms. The third-order valence-electron chi connectivity index (χ3n) is 2.69. The van der Waals surface area contributed by atoms with Gasteiger partial charge >= 0.3 is 0 Å². The number of aryl methyl sites for hydroxylation is 3. The Kier molecular flexibility index (Phi) is 2.48. The molecule has 1 N–H and O–H groups in total. The summed E-state index contributed by atoms with van der Waals surface area (Å²) in [6, 6.07) is 1.85. The quantitative estimate of drug-likeness (QED) is 0.765. The molecule has 0 bridgehead atoms. The van der Waals surface area contributed by atoms with E-state index in [4.69, 9.17) is 0 Å². The molecular weight excluding hydrogens is 248 g/mol. The summed E-state index contributed by atoms with van der Waals surface area (Å²) in [7, 11) is 0. The number of rotatable bonds is 2. The van der Waals surface area contributed by atoms with E-state index < -0.39 is 0 Å². The molecule has 0 aliphatic carbocycles. The summed E-state index contributed by atoms with van der Waals surface area (Å²) in [6.07, 6.45) is 1.52. The topological polar surface area (TPSA) is 68.0 Å². The van der Waals surface area contributed by atoms with Crippen LogP contribution < -0.4 is 5.32 Å². The fraction of sp³-hybridized carbons (Fsp3) is 0.273. The van der Waals surface area contributed by atoms with Crippen molar-refractivity contribution < 1.29 is 0 Å². The summed E-state index contributed by atoms with van der Waals surface area (Å²) < 4.78 is 1.84. The van der Waals surface area contributed by atoms with Gasteiger partial charge in [-0.25, -0.2) is 14.5 Å². The van der Waals surface area contributed by atoms with Gasteiger partial charge in [0.15, 0.2) is 0 Å². The maximum atomic E-state index is 4.42. The van der Waals surface area contributed by atoms with Crippen molar-refractivity contribution in [1.82, 2.24) is 24.6 Å². The maximum Gasteiger partial charge on any atom is 0.249 e. The van der Waals surface area contributed by atoms with Crippen molar-refractivity contribution in [2.24, 2.45) is 0 Å². The van der Waals surface area contributed by atoms with Crippen molar-refractivity contribution in [2.75, 3.05) is 5.32 Å². The van der Waals surface area contributed by atoms with Crippen molar-refractivity contribution >= 4 is 28.1 Å². The molecule has 3 heterocycles. The first-order chi connectivity index (χ1) is 8.63. The Labute approximate surface area is 108 Å². The number of hydrogen-bond acceptors (Lipinski definition) is 6. The van der Waals surface area contributed by atoms with Crippen molar-refractivity contribution in [3.8, 4) is 0 Å². The van der Waals surface area contributed by atoms with E-state index in [0.29, 0.717) is 11.8 Å². The van der Waals surface area contributed by atoms with Crippen LogP contribution in [0.5, 0.6) is 0 Å². The third kappa shape index (κ3) is 1.82. The molecule has 0 atom stereocenters. The highest BCUT2D eigenvalue weighted by molar-refractivity contribution is 7.17. The lowest BCUT2D eigenvalue weighted by atomic mass is 10.4. The maximum absolute atomic E-state index is 4.42. The van der Waals surface area contributed by atoms with E-state index in [0.717, 1.165) is 16.3 Å². The van der Waals surface area contributed by atoms with Crippen LogP contribution in [-0.4, -0.2) is 24.6 Å². The molecule has 3 rings (SSSR count). The van der Waals surface area contributed by atoms with Gasteiger partial charge in [0.2, 0.25) is 10.9 Å². The molecule has 92 valence electrons. The monoisotopic (exact) mass is 260 g/mol. The molecule has 0 saturated heterocycles. The zero-order valence-electron chi connectivity index (χ0n) is 10.3. The minimum Gasteiger partial charge on any atom is -0.307 e. The second-order valence-electron chi connectivity index (χ2n) is 4.04. The molecule has 0 aliphatic rings. The molecule has 0 unspecified atom stereocenters. The molecule has 3 aromatic rings. The van der Waals surface area contributed by atoms with Gasteiger partial charge in [0, 0.05) is 16.6 Å². The van der Waals surface area contributed by atoms with Crippen molar-refractivity contribution in [2.45, 2.75) is 20.8 Å². The Morgan fingerprint density at radius 3 is 2.78 bits per heavy atom. The van der Waals surface area contributed by atoms with E-state index in [-0.39, 0.29) is 0 Å². The number of anilines is 2. The van der Waals surface area contributed by atoms with Crippen LogP contribution in [0, 0.1) is 20.8 Å². The molecular formula is C11H12N6S.